The van der Waals surface area contributed by atoms with E-state index in [-0.39, 0.29) is 6.04 Å². The van der Waals surface area contributed by atoms with Crippen molar-refractivity contribution >= 4 is 0 Å². The van der Waals surface area contributed by atoms with Crippen molar-refractivity contribution in [3.05, 3.63) is 11.6 Å². The Morgan fingerprint density at radius 3 is 2.77 bits per heavy atom. The molecule has 0 bridgehead atoms. The average molecular weight is 180 g/mol. The smallest absolute Gasteiger partial charge is 0.134 e. The molecule has 1 aliphatic rings. The van der Waals surface area contributed by atoms with Crippen molar-refractivity contribution in [2.45, 2.75) is 45.2 Å². The summed E-state index contributed by atoms with van der Waals surface area (Å²) in [6.07, 6.45) is 3.37. The van der Waals surface area contributed by atoms with E-state index >= 15 is 0 Å². The van der Waals surface area contributed by atoms with Crippen LogP contribution in [0.3, 0.4) is 0 Å². The minimum atomic E-state index is 0.168. The van der Waals surface area contributed by atoms with E-state index in [1.807, 2.05) is 13.8 Å². The summed E-state index contributed by atoms with van der Waals surface area (Å²) < 4.78 is 2.24. The van der Waals surface area contributed by atoms with Crippen LogP contribution < -0.4 is 5.73 Å². The van der Waals surface area contributed by atoms with Crippen molar-refractivity contribution in [1.29, 1.82) is 0 Å². The number of aryl methyl sites for hydroxylation is 1. The standard InChI is InChI=1S/C9H16N4/c1-6(10)5-9-12-11-7(2)13(9)8-3-4-8/h6,8H,3-5,10H2,1-2H3. The van der Waals surface area contributed by atoms with E-state index in [0.717, 1.165) is 18.1 Å². The van der Waals surface area contributed by atoms with Gasteiger partial charge in [0.05, 0.1) is 0 Å². The molecule has 1 unspecified atom stereocenters. The third-order valence-corrected chi connectivity index (χ3v) is 2.35. The van der Waals surface area contributed by atoms with Gasteiger partial charge in [0.25, 0.3) is 0 Å². The van der Waals surface area contributed by atoms with Crippen molar-refractivity contribution in [3.63, 3.8) is 0 Å². The highest BCUT2D eigenvalue weighted by atomic mass is 15.3. The minimum Gasteiger partial charge on any atom is -0.328 e. The van der Waals surface area contributed by atoms with E-state index < -0.39 is 0 Å². The number of nitrogens with two attached hydrogens (primary N) is 1. The summed E-state index contributed by atoms with van der Waals surface area (Å²) in [5, 5.41) is 8.24. The fourth-order valence-electron chi connectivity index (χ4n) is 1.65. The number of nitrogens with zero attached hydrogens (tertiary/aromatic N) is 3. The second-order valence-electron chi connectivity index (χ2n) is 3.95. The lowest BCUT2D eigenvalue weighted by Gasteiger charge is -2.08. The maximum absolute atomic E-state index is 5.74. The van der Waals surface area contributed by atoms with Gasteiger partial charge in [-0.15, -0.1) is 10.2 Å². The van der Waals surface area contributed by atoms with Crippen LogP contribution >= 0.6 is 0 Å². The molecule has 4 nitrogen and oxygen atoms in total. The predicted octanol–water partition coefficient (Wildman–Crippen LogP) is 0.811. The van der Waals surface area contributed by atoms with Crippen molar-refractivity contribution in [2.24, 2.45) is 5.73 Å². The third kappa shape index (κ3) is 1.72. The Bertz CT molecular complexity index is 299. The molecule has 0 radical (unpaired) electrons. The monoisotopic (exact) mass is 180 g/mol. The summed E-state index contributed by atoms with van der Waals surface area (Å²) >= 11 is 0. The lowest BCUT2D eigenvalue weighted by Crippen LogP contribution is -2.20. The quantitative estimate of drug-likeness (QED) is 0.749. The molecule has 1 fully saturated rings. The molecule has 1 saturated carbocycles. The Kier molecular flexibility index (Phi) is 2.07. The minimum absolute atomic E-state index is 0.168. The van der Waals surface area contributed by atoms with Crippen LogP contribution in [-0.2, 0) is 6.42 Å². The predicted molar refractivity (Wildman–Crippen MR) is 50.4 cm³/mol. The first-order chi connectivity index (χ1) is 6.18. The zero-order chi connectivity index (χ0) is 9.42. The fourth-order valence-corrected chi connectivity index (χ4v) is 1.65. The molecule has 72 valence electrons. The van der Waals surface area contributed by atoms with Crippen LogP contribution in [0.25, 0.3) is 0 Å². The van der Waals surface area contributed by atoms with Gasteiger partial charge in [0.2, 0.25) is 0 Å². The highest BCUT2D eigenvalue weighted by molar-refractivity contribution is 5.02. The largest absolute Gasteiger partial charge is 0.328 e. The molecule has 1 aliphatic carbocycles. The molecule has 1 heterocycles. The summed E-state index contributed by atoms with van der Waals surface area (Å²) in [5.74, 6) is 2.08. The average Bonchev–Trinajstić information content (AvgIpc) is 2.79. The molecule has 13 heavy (non-hydrogen) atoms. The van der Waals surface area contributed by atoms with Crippen molar-refractivity contribution < 1.29 is 0 Å². The van der Waals surface area contributed by atoms with Crippen molar-refractivity contribution in [3.8, 4) is 0 Å². The summed E-state index contributed by atoms with van der Waals surface area (Å²) in [6.45, 7) is 4.01. The molecule has 0 spiro atoms. The van der Waals surface area contributed by atoms with Gasteiger partial charge in [-0.3, -0.25) is 0 Å². The molecule has 1 atom stereocenters. The molecule has 0 amide bonds. The second-order valence-corrected chi connectivity index (χ2v) is 3.95. The summed E-state index contributed by atoms with van der Waals surface area (Å²) in [4.78, 5) is 0. The van der Waals surface area contributed by atoms with Crippen LogP contribution in [0.5, 0.6) is 0 Å². The topological polar surface area (TPSA) is 56.7 Å². The van der Waals surface area contributed by atoms with E-state index in [9.17, 15) is 0 Å². The van der Waals surface area contributed by atoms with Gasteiger partial charge in [-0.05, 0) is 26.7 Å². The molecule has 0 aromatic carbocycles. The molecular weight excluding hydrogens is 164 g/mol. The third-order valence-electron chi connectivity index (χ3n) is 2.35. The number of hydrogen-bond donors (Lipinski definition) is 1. The van der Waals surface area contributed by atoms with Gasteiger partial charge in [0.15, 0.2) is 0 Å². The molecule has 1 aromatic heterocycles. The first-order valence-electron chi connectivity index (χ1n) is 4.84. The SMILES string of the molecule is Cc1nnc(CC(C)N)n1C1CC1. The van der Waals surface area contributed by atoms with E-state index in [1.165, 1.54) is 12.8 Å². The van der Waals surface area contributed by atoms with Gasteiger partial charge >= 0.3 is 0 Å². The Balaban J connectivity index is 2.23. The van der Waals surface area contributed by atoms with Gasteiger partial charge in [-0.25, -0.2) is 0 Å². The van der Waals surface area contributed by atoms with Crippen molar-refractivity contribution in [1.82, 2.24) is 14.8 Å². The van der Waals surface area contributed by atoms with Gasteiger partial charge in [-0.2, -0.15) is 0 Å². The summed E-state index contributed by atoms with van der Waals surface area (Å²) in [5.41, 5.74) is 5.74. The zero-order valence-electron chi connectivity index (χ0n) is 8.20. The normalized spacial score (nSPS) is 19.0. The highest BCUT2D eigenvalue weighted by Crippen LogP contribution is 2.36. The van der Waals surface area contributed by atoms with Gasteiger partial charge in [-0.1, -0.05) is 0 Å². The molecule has 4 heteroatoms. The van der Waals surface area contributed by atoms with Crippen LogP contribution in [0.1, 0.15) is 37.5 Å². The van der Waals surface area contributed by atoms with Gasteiger partial charge in [0.1, 0.15) is 11.6 Å². The second kappa shape index (κ2) is 3.10. The number of aromatic nitrogens is 3. The summed E-state index contributed by atoms with van der Waals surface area (Å²) in [6, 6.07) is 0.824. The lowest BCUT2D eigenvalue weighted by atomic mass is 10.2. The Hall–Kier alpha value is -0.900. The van der Waals surface area contributed by atoms with E-state index in [0.29, 0.717) is 6.04 Å². The first kappa shape index (κ1) is 8.69. The van der Waals surface area contributed by atoms with E-state index in [2.05, 4.69) is 14.8 Å². The van der Waals surface area contributed by atoms with E-state index in [1.54, 1.807) is 0 Å². The molecule has 0 aliphatic heterocycles. The lowest BCUT2D eigenvalue weighted by molar-refractivity contribution is 0.618. The molecule has 1 aromatic rings. The van der Waals surface area contributed by atoms with Crippen LogP contribution in [0.2, 0.25) is 0 Å². The van der Waals surface area contributed by atoms with Gasteiger partial charge < -0.3 is 10.3 Å². The maximum Gasteiger partial charge on any atom is 0.134 e. The van der Waals surface area contributed by atoms with Crippen LogP contribution in [0.15, 0.2) is 0 Å². The summed E-state index contributed by atoms with van der Waals surface area (Å²) in [7, 11) is 0. The number of rotatable bonds is 3. The van der Waals surface area contributed by atoms with Crippen LogP contribution in [-0.4, -0.2) is 20.8 Å². The molecule has 2 rings (SSSR count). The van der Waals surface area contributed by atoms with E-state index in [4.69, 9.17) is 5.73 Å². The molecule has 2 N–H and O–H groups in total. The molecular formula is C9H16N4. The number of hydrogen-bond acceptors (Lipinski definition) is 3. The first-order valence-corrected chi connectivity index (χ1v) is 4.84. The highest BCUT2D eigenvalue weighted by Gasteiger charge is 2.28. The fraction of sp³-hybridized carbons (Fsp3) is 0.778. The zero-order valence-corrected chi connectivity index (χ0v) is 8.20. The van der Waals surface area contributed by atoms with Gasteiger partial charge in [0, 0.05) is 18.5 Å². The van der Waals surface area contributed by atoms with Crippen LogP contribution in [0.4, 0.5) is 0 Å². The Morgan fingerprint density at radius 2 is 2.23 bits per heavy atom. The van der Waals surface area contributed by atoms with Crippen molar-refractivity contribution in [2.75, 3.05) is 0 Å². The molecule has 0 saturated heterocycles. The Morgan fingerprint density at radius 1 is 1.54 bits per heavy atom. The maximum atomic E-state index is 5.74. The van der Waals surface area contributed by atoms with Crippen LogP contribution in [0, 0.1) is 6.92 Å². The Labute approximate surface area is 78.1 Å².